The van der Waals surface area contributed by atoms with Crippen molar-refractivity contribution in [3.8, 4) is 0 Å². The van der Waals surface area contributed by atoms with Crippen LogP contribution >= 0.6 is 0 Å². The highest BCUT2D eigenvalue weighted by Crippen LogP contribution is 2.22. The molecule has 2 atom stereocenters. The summed E-state index contributed by atoms with van der Waals surface area (Å²) < 4.78 is 11.8. The molecule has 0 aliphatic carbocycles. The molecule has 0 aromatic rings. The second-order valence-corrected chi connectivity index (χ2v) is 13.8. The standard InChI is InChI=1S/C39H77NO4/c1-6-9-12-15-17-18-21-27-35-43-39(42)36(29-23-20-16-13-10-7-2)30-24-22-26-32-37(31-25-19-14-11-8-3)44-38(41)33-28-34-40(4)5/h36-37H,6-35H2,1-5H3. The minimum atomic E-state index is -0.0383. The molecule has 0 aliphatic rings. The van der Waals surface area contributed by atoms with Gasteiger partial charge in [0.1, 0.15) is 6.10 Å². The van der Waals surface area contributed by atoms with Crippen molar-refractivity contribution in [3.05, 3.63) is 0 Å². The van der Waals surface area contributed by atoms with Gasteiger partial charge in [-0.15, -0.1) is 0 Å². The molecule has 0 spiro atoms. The Balaban J connectivity index is 4.59. The van der Waals surface area contributed by atoms with Gasteiger partial charge in [0, 0.05) is 6.42 Å². The van der Waals surface area contributed by atoms with E-state index in [1.54, 1.807) is 0 Å². The van der Waals surface area contributed by atoms with Crippen molar-refractivity contribution in [2.24, 2.45) is 5.92 Å². The van der Waals surface area contributed by atoms with Gasteiger partial charge in [0.25, 0.3) is 0 Å². The molecular formula is C39H77NO4. The van der Waals surface area contributed by atoms with E-state index >= 15 is 0 Å². The van der Waals surface area contributed by atoms with Crippen LogP contribution in [-0.2, 0) is 19.1 Å². The zero-order valence-corrected chi connectivity index (χ0v) is 30.4. The molecule has 5 nitrogen and oxygen atoms in total. The summed E-state index contributed by atoms with van der Waals surface area (Å²) in [7, 11) is 4.08. The van der Waals surface area contributed by atoms with Crippen molar-refractivity contribution in [1.82, 2.24) is 4.90 Å². The van der Waals surface area contributed by atoms with Gasteiger partial charge in [0.15, 0.2) is 0 Å². The number of ether oxygens (including phenoxy) is 2. The van der Waals surface area contributed by atoms with Crippen LogP contribution in [0.1, 0.15) is 201 Å². The quantitative estimate of drug-likeness (QED) is 0.0527. The molecule has 0 heterocycles. The Hall–Kier alpha value is -1.10. The Labute approximate surface area is 275 Å². The molecule has 0 N–H and O–H groups in total. The number of unbranched alkanes of at least 4 members (excludes halogenated alkanes) is 18. The van der Waals surface area contributed by atoms with Crippen LogP contribution in [0, 0.1) is 5.92 Å². The number of hydrogen-bond acceptors (Lipinski definition) is 5. The first kappa shape index (κ1) is 42.9. The van der Waals surface area contributed by atoms with Crippen molar-refractivity contribution in [2.75, 3.05) is 27.2 Å². The van der Waals surface area contributed by atoms with E-state index in [2.05, 4.69) is 25.7 Å². The van der Waals surface area contributed by atoms with Gasteiger partial charge in [-0.05, 0) is 72.0 Å². The lowest BCUT2D eigenvalue weighted by Gasteiger charge is -2.19. The number of carbonyl (C=O) groups excluding carboxylic acids is 2. The lowest BCUT2D eigenvalue weighted by molar-refractivity contribution is -0.150. The van der Waals surface area contributed by atoms with Crippen molar-refractivity contribution >= 4 is 11.9 Å². The summed E-state index contributed by atoms with van der Waals surface area (Å²) in [5.41, 5.74) is 0. The van der Waals surface area contributed by atoms with Gasteiger partial charge in [-0.25, -0.2) is 0 Å². The molecule has 0 amide bonds. The van der Waals surface area contributed by atoms with Crippen LogP contribution in [0.4, 0.5) is 0 Å². The van der Waals surface area contributed by atoms with Gasteiger partial charge < -0.3 is 14.4 Å². The highest BCUT2D eigenvalue weighted by molar-refractivity contribution is 5.72. The van der Waals surface area contributed by atoms with E-state index in [-0.39, 0.29) is 24.0 Å². The first-order valence-corrected chi connectivity index (χ1v) is 19.4. The van der Waals surface area contributed by atoms with Gasteiger partial charge >= 0.3 is 11.9 Å². The van der Waals surface area contributed by atoms with E-state index in [9.17, 15) is 9.59 Å². The Morgan fingerprint density at radius 2 is 0.932 bits per heavy atom. The van der Waals surface area contributed by atoms with Crippen molar-refractivity contribution < 1.29 is 19.1 Å². The zero-order valence-electron chi connectivity index (χ0n) is 30.4. The second-order valence-electron chi connectivity index (χ2n) is 13.8. The van der Waals surface area contributed by atoms with Crippen LogP contribution in [0.3, 0.4) is 0 Å². The average molecular weight is 624 g/mol. The fraction of sp³-hybridized carbons (Fsp3) is 0.949. The van der Waals surface area contributed by atoms with Crippen molar-refractivity contribution in [3.63, 3.8) is 0 Å². The fourth-order valence-electron chi connectivity index (χ4n) is 6.04. The summed E-state index contributed by atoms with van der Waals surface area (Å²) in [5, 5.41) is 0. The molecule has 44 heavy (non-hydrogen) atoms. The van der Waals surface area contributed by atoms with E-state index < -0.39 is 0 Å². The molecule has 0 saturated heterocycles. The number of rotatable bonds is 34. The van der Waals surface area contributed by atoms with Crippen LogP contribution in [0.2, 0.25) is 0 Å². The third kappa shape index (κ3) is 29.6. The molecule has 0 saturated carbocycles. The van der Waals surface area contributed by atoms with Gasteiger partial charge in [0.2, 0.25) is 0 Å². The van der Waals surface area contributed by atoms with E-state index in [4.69, 9.17) is 9.47 Å². The summed E-state index contributed by atoms with van der Waals surface area (Å²) in [4.78, 5) is 27.7. The maximum atomic E-state index is 13.0. The van der Waals surface area contributed by atoms with Crippen molar-refractivity contribution in [1.29, 1.82) is 0 Å². The topological polar surface area (TPSA) is 55.8 Å². The zero-order chi connectivity index (χ0) is 32.5. The van der Waals surface area contributed by atoms with Gasteiger partial charge in [0.05, 0.1) is 12.5 Å². The number of esters is 2. The monoisotopic (exact) mass is 624 g/mol. The molecule has 0 aliphatic heterocycles. The highest BCUT2D eigenvalue weighted by Gasteiger charge is 2.20. The predicted octanol–water partition coefficient (Wildman–Crippen LogP) is 11.6. The molecule has 5 heteroatoms. The van der Waals surface area contributed by atoms with Crippen LogP contribution in [0.15, 0.2) is 0 Å². The summed E-state index contributed by atoms with van der Waals surface area (Å²) in [6.07, 6.45) is 32.2. The lowest BCUT2D eigenvalue weighted by Crippen LogP contribution is -2.20. The summed E-state index contributed by atoms with van der Waals surface area (Å²) in [6.45, 7) is 8.26. The Morgan fingerprint density at radius 3 is 1.41 bits per heavy atom. The van der Waals surface area contributed by atoms with Gasteiger partial charge in [-0.2, -0.15) is 0 Å². The van der Waals surface area contributed by atoms with Crippen LogP contribution in [0.5, 0.6) is 0 Å². The maximum absolute atomic E-state index is 13.0. The summed E-state index contributed by atoms with van der Waals surface area (Å²) in [5.74, 6) is 0.0425. The lowest BCUT2D eigenvalue weighted by atomic mass is 9.94. The minimum Gasteiger partial charge on any atom is -0.465 e. The van der Waals surface area contributed by atoms with Crippen LogP contribution in [-0.4, -0.2) is 50.2 Å². The first-order valence-electron chi connectivity index (χ1n) is 19.4. The molecule has 0 radical (unpaired) electrons. The van der Waals surface area contributed by atoms with E-state index in [1.807, 2.05) is 14.1 Å². The largest absolute Gasteiger partial charge is 0.465 e. The van der Waals surface area contributed by atoms with E-state index in [0.29, 0.717) is 13.0 Å². The number of hydrogen-bond donors (Lipinski definition) is 0. The Morgan fingerprint density at radius 1 is 0.523 bits per heavy atom. The molecule has 0 bridgehead atoms. The second kappa shape index (κ2) is 33.3. The van der Waals surface area contributed by atoms with Crippen LogP contribution in [0.25, 0.3) is 0 Å². The van der Waals surface area contributed by atoms with E-state index in [0.717, 1.165) is 77.2 Å². The maximum Gasteiger partial charge on any atom is 0.308 e. The normalized spacial score (nSPS) is 12.9. The number of carbonyl (C=O) groups is 2. The van der Waals surface area contributed by atoms with Gasteiger partial charge in [-0.1, -0.05) is 143 Å². The molecule has 0 aromatic carbocycles. The van der Waals surface area contributed by atoms with Crippen molar-refractivity contribution in [2.45, 2.75) is 207 Å². The Kier molecular flexibility index (Phi) is 32.4. The highest BCUT2D eigenvalue weighted by atomic mass is 16.5. The molecule has 0 fully saturated rings. The summed E-state index contributed by atoms with van der Waals surface area (Å²) >= 11 is 0. The SMILES string of the molecule is CCCCCCCCCCOC(=O)C(CCCCCCCC)CCCCCC(CCCCCCC)OC(=O)CCCN(C)C. The molecule has 2 unspecified atom stereocenters. The molecule has 0 rings (SSSR count). The smallest absolute Gasteiger partial charge is 0.308 e. The van der Waals surface area contributed by atoms with Crippen LogP contribution < -0.4 is 0 Å². The third-order valence-corrected chi connectivity index (χ3v) is 8.97. The first-order chi connectivity index (χ1) is 21.4. The summed E-state index contributed by atoms with van der Waals surface area (Å²) in [6, 6.07) is 0. The fourth-order valence-corrected chi connectivity index (χ4v) is 6.04. The molecule has 262 valence electrons. The van der Waals surface area contributed by atoms with E-state index in [1.165, 1.54) is 103 Å². The third-order valence-electron chi connectivity index (χ3n) is 8.97. The molecular weight excluding hydrogens is 546 g/mol. The molecule has 0 aromatic heterocycles. The van der Waals surface area contributed by atoms with Gasteiger partial charge in [-0.3, -0.25) is 9.59 Å². The minimum absolute atomic E-state index is 0.0383. The number of nitrogens with zero attached hydrogens (tertiary/aromatic N) is 1. The predicted molar refractivity (Wildman–Crippen MR) is 189 cm³/mol. The Bertz CT molecular complexity index is 623. The average Bonchev–Trinajstić information content (AvgIpc) is 3.00.